The molecule has 2 amide bonds. The Labute approximate surface area is 127 Å². The molecule has 0 aliphatic carbocycles. The molecule has 2 rings (SSSR count). The van der Waals surface area contributed by atoms with Gasteiger partial charge >= 0.3 is 6.03 Å². The van der Waals surface area contributed by atoms with E-state index in [-0.39, 0.29) is 18.7 Å². The highest BCUT2D eigenvalue weighted by molar-refractivity contribution is 5.74. The number of carbonyl (C=O) groups excluding carboxylic acids is 1. The molecule has 0 radical (unpaired) electrons. The number of nitrogens with one attached hydrogen (secondary N) is 1. The van der Waals surface area contributed by atoms with Gasteiger partial charge in [0.25, 0.3) is 0 Å². The first kappa shape index (κ1) is 15.8. The number of hydrogen-bond donors (Lipinski definition) is 2. The van der Waals surface area contributed by atoms with Crippen LogP contribution in [0.2, 0.25) is 0 Å². The summed E-state index contributed by atoms with van der Waals surface area (Å²) in [6.45, 7) is 1.86. The third-order valence-corrected chi connectivity index (χ3v) is 4.04. The van der Waals surface area contributed by atoms with Gasteiger partial charge in [-0.25, -0.2) is 4.79 Å². The molecule has 2 N–H and O–H groups in total. The lowest BCUT2D eigenvalue weighted by Crippen LogP contribution is -2.42. The minimum absolute atomic E-state index is 0.0193. The van der Waals surface area contributed by atoms with Gasteiger partial charge in [-0.15, -0.1) is 0 Å². The fourth-order valence-corrected chi connectivity index (χ4v) is 2.82. The van der Waals surface area contributed by atoms with Crippen molar-refractivity contribution >= 4 is 6.03 Å². The molecule has 21 heavy (non-hydrogen) atoms. The zero-order valence-corrected chi connectivity index (χ0v) is 12.6. The molecule has 4 heteroatoms. The zero-order chi connectivity index (χ0) is 14.9. The SMILES string of the molecule is O=C(NC(CCCO)c1ccccc1)N1CCCCCC1. The first-order valence-corrected chi connectivity index (χ1v) is 8.02. The largest absolute Gasteiger partial charge is 0.396 e. The summed E-state index contributed by atoms with van der Waals surface area (Å²) in [5.41, 5.74) is 1.11. The van der Waals surface area contributed by atoms with Gasteiger partial charge in [-0.2, -0.15) is 0 Å². The van der Waals surface area contributed by atoms with Crippen molar-refractivity contribution in [2.75, 3.05) is 19.7 Å². The molecule has 1 aromatic carbocycles. The summed E-state index contributed by atoms with van der Waals surface area (Å²) in [6, 6.07) is 10.0. The zero-order valence-electron chi connectivity index (χ0n) is 12.6. The van der Waals surface area contributed by atoms with Crippen molar-refractivity contribution in [1.82, 2.24) is 10.2 Å². The number of aliphatic hydroxyl groups is 1. The van der Waals surface area contributed by atoms with Crippen LogP contribution in [0.1, 0.15) is 50.1 Å². The molecule has 1 aliphatic rings. The summed E-state index contributed by atoms with van der Waals surface area (Å²) in [5.74, 6) is 0. The lowest BCUT2D eigenvalue weighted by molar-refractivity contribution is 0.193. The van der Waals surface area contributed by atoms with Crippen LogP contribution in [0.5, 0.6) is 0 Å². The maximum Gasteiger partial charge on any atom is 0.317 e. The van der Waals surface area contributed by atoms with E-state index in [1.165, 1.54) is 12.8 Å². The Morgan fingerprint density at radius 3 is 2.43 bits per heavy atom. The van der Waals surface area contributed by atoms with E-state index in [0.29, 0.717) is 6.42 Å². The van der Waals surface area contributed by atoms with E-state index >= 15 is 0 Å². The molecule has 4 nitrogen and oxygen atoms in total. The summed E-state index contributed by atoms with van der Waals surface area (Å²) in [7, 11) is 0. The normalized spacial score (nSPS) is 17.1. The van der Waals surface area contributed by atoms with Crippen LogP contribution >= 0.6 is 0 Å². The van der Waals surface area contributed by atoms with Gasteiger partial charge in [0.1, 0.15) is 0 Å². The maximum absolute atomic E-state index is 12.5. The van der Waals surface area contributed by atoms with Crippen LogP contribution in [-0.4, -0.2) is 35.7 Å². The first-order chi connectivity index (χ1) is 10.3. The molecule has 1 atom stereocenters. The average Bonchev–Trinajstić information content (AvgIpc) is 2.81. The van der Waals surface area contributed by atoms with Gasteiger partial charge in [-0.1, -0.05) is 43.2 Å². The van der Waals surface area contributed by atoms with Gasteiger partial charge in [-0.3, -0.25) is 0 Å². The van der Waals surface area contributed by atoms with Gasteiger partial charge in [-0.05, 0) is 31.2 Å². The van der Waals surface area contributed by atoms with Gasteiger partial charge in [0.2, 0.25) is 0 Å². The summed E-state index contributed by atoms with van der Waals surface area (Å²) >= 11 is 0. The summed E-state index contributed by atoms with van der Waals surface area (Å²) in [6.07, 6.45) is 6.09. The molecule has 0 bridgehead atoms. The Morgan fingerprint density at radius 1 is 1.14 bits per heavy atom. The predicted molar refractivity (Wildman–Crippen MR) is 84.1 cm³/mol. The monoisotopic (exact) mass is 290 g/mol. The molecule has 1 aromatic rings. The molecular weight excluding hydrogens is 264 g/mol. The summed E-state index contributed by atoms with van der Waals surface area (Å²) < 4.78 is 0. The van der Waals surface area contributed by atoms with Gasteiger partial charge < -0.3 is 15.3 Å². The second-order valence-corrected chi connectivity index (χ2v) is 5.68. The number of benzene rings is 1. The third-order valence-electron chi connectivity index (χ3n) is 4.04. The highest BCUT2D eigenvalue weighted by Gasteiger charge is 2.19. The van der Waals surface area contributed by atoms with Gasteiger partial charge in [0.15, 0.2) is 0 Å². The van der Waals surface area contributed by atoms with Crippen LogP contribution in [0.4, 0.5) is 4.79 Å². The van der Waals surface area contributed by atoms with Crippen molar-refractivity contribution in [3.8, 4) is 0 Å². The van der Waals surface area contributed by atoms with Gasteiger partial charge in [0, 0.05) is 19.7 Å². The van der Waals surface area contributed by atoms with E-state index in [1.54, 1.807) is 0 Å². The minimum atomic E-state index is -0.0193. The molecule has 1 saturated heterocycles. The average molecular weight is 290 g/mol. The number of hydrogen-bond acceptors (Lipinski definition) is 2. The number of nitrogens with zero attached hydrogens (tertiary/aromatic N) is 1. The highest BCUT2D eigenvalue weighted by atomic mass is 16.3. The minimum Gasteiger partial charge on any atom is -0.396 e. The topological polar surface area (TPSA) is 52.6 Å². The second-order valence-electron chi connectivity index (χ2n) is 5.68. The maximum atomic E-state index is 12.5. The van der Waals surface area contributed by atoms with E-state index in [9.17, 15) is 4.79 Å². The van der Waals surface area contributed by atoms with Crippen molar-refractivity contribution in [2.24, 2.45) is 0 Å². The molecule has 0 spiro atoms. The Bertz CT molecular complexity index is 414. The Kier molecular flexibility index (Phi) is 6.54. The van der Waals surface area contributed by atoms with E-state index in [4.69, 9.17) is 5.11 Å². The quantitative estimate of drug-likeness (QED) is 0.875. The smallest absolute Gasteiger partial charge is 0.317 e. The first-order valence-electron chi connectivity index (χ1n) is 8.02. The summed E-state index contributed by atoms with van der Waals surface area (Å²) in [5, 5.41) is 12.2. The number of amides is 2. The standard InChI is InChI=1S/C17H26N2O2/c20-14-8-11-16(15-9-4-3-5-10-15)18-17(21)19-12-6-1-2-7-13-19/h3-5,9-10,16,20H,1-2,6-8,11-14H2,(H,18,21). The number of aliphatic hydroxyl groups excluding tert-OH is 1. The fraction of sp³-hybridized carbons (Fsp3) is 0.588. The lowest BCUT2D eigenvalue weighted by atomic mass is 10.0. The lowest BCUT2D eigenvalue weighted by Gasteiger charge is -2.25. The van der Waals surface area contributed by atoms with Crippen LogP contribution in [-0.2, 0) is 0 Å². The molecule has 0 aromatic heterocycles. The van der Waals surface area contributed by atoms with Crippen molar-refractivity contribution in [3.05, 3.63) is 35.9 Å². The van der Waals surface area contributed by atoms with Crippen molar-refractivity contribution in [1.29, 1.82) is 0 Å². The number of carbonyl (C=O) groups is 1. The van der Waals surface area contributed by atoms with Crippen molar-refractivity contribution < 1.29 is 9.90 Å². The molecule has 1 unspecified atom stereocenters. The van der Waals surface area contributed by atoms with E-state index < -0.39 is 0 Å². The number of urea groups is 1. The van der Waals surface area contributed by atoms with E-state index in [2.05, 4.69) is 5.32 Å². The fourth-order valence-electron chi connectivity index (χ4n) is 2.82. The molecule has 1 aliphatic heterocycles. The number of likely N-dealkylation sites (tertiary alicyclic amines) is 1. The second kappa shape index (κ2) is 8.67. The van der Waals surface area contributed by atoms with Crippen LogP contribution in [0, 0.1) is 0 Å². The molecule has 0 saturated carbocycles. The van der Waals surface area contributed by atoms with Crippen LogP contribution in [0.15, 0.2) is 30.3 Å². The molecular formula is C17H26N2O2. The van der Waals surface area contributed by atoms with Crippen molar-refractivity contribution in [3.63, 3.8) is 0 Å². The Hall–Kier alpha value is -1.55. The highest BCUT2D eigenvalue weighted by Crippen LogP contribution is 2.19. The Morgan fingerprint density at radius 2 is 1.81 bits per heavy atom. The number of rotatable bonds is 5. The van der Waals surface area contributed by atoms with Crippen LogP contribution in [0.3, 0.4) is 0 Å². The van der Waals surface area contributed by atoms with Crippen LogP contribution in [0.25, 0.3) is 0 Å². The van der Waals surface area contributed by atoms with E-state index in [1.807, 2.05) is 35.2 Å². The van der Waals surface area contributed by atoms with Crippen molar-refractivity contribution in [2.45, 2.75) is 44.6 Å². The Balaban J connectivity index is 1.98. The molecule has 1 heterocycles. The van der Waals surface area contributed by atoms with Gasteiger partial charge in [0.05, 0.1) is 6.04 Å². The van der Waals surface area contributed by atoms with E-state index in [0.717, 1.165) is 37.9 Å². The summed E-state index contributed by atoms with van der Waals surface area (Å²) in [4.78, 5) is 14.4. The van der Waals surface area contributed by atoms with Crippen LogP contribution < -0.4 is 5.32 Å². The molecule has 116 valence electrons. The predicted octanol–water partition coefficient (Wildman–Crippen LogP) is 3.09. The molecule has 1 fully saturated rings. The third kappa shape index (κ3) is 5.05.